The van der Waals surface area contributed by atoms with Gasteiger partial charge in [0.15, 0.2) is 0 Å². The molecule has 2 nitrogen and oxygen atoms in total. The quantitative estimate of drug-likeness (QED) is 0.841. The van der Waals surface area contributed by atoms with Gasteiger partial charge in [-0.25, -0.2) is 0 Å². The van der Waals surface area contributed by atoms with Crippen molar-refractivity contribution in [1.29, 1.82) is 0 Å². The van der Waals surface area contributed by atoms with E-state index in [0.29, 0.717) is 17.8 Å². The minimum Gasteiger partial charge on any atom is -0.508 e. The van der Waals surface area contributed by atoms with Crippen molar-refractivity contribution in [1.82, 2.24) is 4.90 Å². The Morgan fingerprint density at radius 1 is 1.18 bits per heavy atom. The van der Waals surface area contributed by atoms with Crippen molar-refractivity contribution < 1.29 is 5.11 Å². The third-order valence-electron chi connectivity index (χ3n) is 3.98. The van der Waals surface area contributed by atoms with Crippen LogP contribution in [0.25, 0.3) is 0 Å². The maximum absolute atomic E-state index is 9.33. The first-order chi connectivity index (χ1) is 8.18. The van der Waals surface area contributed by atoms with E-state index in [1.165, 1.54) is 37.8 Å². The van der Waals surface area contributed by atoms with Crippen molar-refractivity contribution >= 4 is 0 Å². The summed E-state index contributed by atoms with van der Waals surface area (Å²) in [6, 6.07) is 8.77. The van der Waals surface area contributed by atoms with Crippen LogP contribution in [0.2, 0.25) is 0 Å². The number of nitrogens with zero attached hydrogens (tertiary/aromatic N) is 1. The molecule has 0 amide bonds. The molecular weight excluding hydrogens is 210 g/mol. The molecule has 0 aliphatic carbocycles. The molecule has 1 aliphatic heterocycles. The fourth-order valence-electron chi connectivity index (χ4n) is 2.82. The van der Waals surface area contributed by atoms with Crippen molar-refractivity contribution in [3.63, 3.8) is 0 Å². The van der Waals surface area contributed by atoms with Crippen LogP contribution in [-0.2, 0) is 0 Å². The van der Waals surface area contributed by atoms with Crippen LogP contribution in [0.4, 0.5) is 0 Å². The van der Waals surface area contributed by atoms with Crippen LogP contribution in [0.15, 0.2) is 24.3 Å². The zero-order valence-corrected chi connectivity index (χ0v) is 10.9. The zero-order chi connectivity index (χ0) is 12.3. The van der Waals surface area contributed by atoms with Crippen LogP contribution in [0.5, 0.6) is 5.75 Å². The number of likely N-dealkylation sites (tertiary alicyclic amines) is 1. The number of hydrogen-bond acceptors (Lipinski definition) is 2. The lowest BCUT2D eigenvalue weighted by Gasteiger charge is -2.33. The van der Waals surface area contributed by atoms with Crippen LogP contribution in [0.3, 0.4) is 0 Å². The zero-order valence-electron chi connectivity index (χ0n) is 10.9. The molecule has 2 unspecified atom stereocenters. The van der Waals surface area contributed by atoms with Gasteiger partial charge in [-0.3, -0.25) is 4.90 Å². The molecule has 17 heavy (non-hydrogen) atoms. The number of hydrogen-bond donors (Lipinski definition) is 1. The molecule has 0 saturated carbocycles. The first-order valence-corrected chi connectivity index (χ1v) is 6.73. The lowest BCUT2D eigenvalue weighted by atomic mass is 10.0. The molecule has 1 heterocycles. The highest BCUT2D eigenvalue weighted by atomic mass is 16.3. The molecule has 1 N–H and O–H groups in total. The molecule has 0 bridgehead atoms. The second-order valence-corrected chi connectivity index (χ2v) is 5.20. The highest BCUT2D eigenvalue weighted by Crippen LogP contribution is 2.28. The van der Waals surface area contributed by atoms with E-state index in [-0.39, 0.29) is 0 Å². The van der Waals surface area contributed by atoms with Gasteiger partial charge in [0.25, 0.3) is 0 Å². The Bertz CT molecular complexity index is 346. The highest BCUT2D eigenvalue weighted by Gasteiger charge is 2.22. The van der Waals surface area contributed by atoms with E-state index in [1.54, 1.807) is 12.1 Å². The van der Waals surface area contributed by atoms with Gasteiger partial charge in [-0.2, -0.15) is 0 Å². The molecule has 1 aliphatic rings. The van der Waals surface area contributed by atoms with Crippen LogP contribution in [0.1, 0.15) is 51.1 Å². The van der Waals surface area contributed by atoms with Crippen molar-refractivity contribution in [3.05, 3.63) is 29.8 Å². The molecule has 0 aromatic heterocycles. The lowest BCUT2D eigenvalue weighted by molar-refractivity contribution is 0.158. The van der Waals surface area contributed by atoms with Crippen molar-refractivity contribution in [2.45, 2.75) is 51.6 Å². The van der Waals surface area contributed by atoms with Crippen molar-refractivity contribution in [2.24, 2.45) is 0 Å². The fraction of sp³-hybridized carbons (Fsp3) is 0.600. The van der Waals surface area contributed by atoms with E-state index in [9.17, 15) is 5.11 Å². The number of phenolic OH excluding ortho intramolecular Hbond substituents is 1. The summed E-state index contributed by atoms with van der Waals surface area (Å²) in [5.41, 5.74) is 1.30. The van der Waals surface area contributed by atoms with E-state index < -0.39 is 0 Å². The minimum atomic E-state index is 0.352. The van der Waals surface area contributed by atoms with Crippen molar-refractivity contribution in [3.8, 4) is 5.75 Å². The van der Waals surface area contributed by atoms with Gasteiger partial charge in [0.05, 0.1) is 0 Å². The largest absolute Gasteiger partial charge is 0.508 e. The molecule has 0 radical (unpaired) electrons. The maximum Gasteiger partial charge on any atom is 0.115 e. The molecule has 2 atom stereocenters. The average molecular weight is 233 g/mol. The van der Waals surface area contributed by atoms with Gasteiger partial charge in [-0.1, -0.05) is 25.0 Å². The Kier molecular flexibility index (Phi) is 4.06. The first kappa shape index (κ1) is 12.4. The summed E-state index contributed by atoms with van der Waals surface area (Å²) in [6.07, 6.45) is 5.35. The van der Waals surface area contributed by atoms with Gasteiger partial charge >= 0.3 is 0 Å². The lowest BCUT2D eigenvalue weighted by Crippen LogP contribution is -2.34. The van der Waals surface area contributed by atoms with Gasteiger partial charge < -0.3 is 5.11 Å². The summed E-state index contributed by atoms with van der Waals surface area (Å²) < 4.78 is 0. The molecule has 1 saturated heterocycles. The Labute approximate surface area is 104 Å². The average Bonchev–Trinajstić information content (AvgIpc) is 2.54. The molecule has 0 spiro atoms. The fourth-order valence-corrected chi connectivity index (χ4v) is 2.82. The normalized spacial score (nSPS) is 24.2. The van der Waals surface area contributed by atoms with Gasteiger partial charge in [-0.05, 0) is 50.9 Å². The molecule has 2 rings (SSSR count). The summed E-state index contributed by atoms with van der Waals surface area (Å²) in [7, 11) is 0. The monoisotopic (exact) mass is 233 g/mol. The number of phenols is 1. The topological polar surface area (TPSA) is 23.5 Å². The second kappa shape index (κ2) is 5.54. The van der Waals surface area contributed by atoms with Gasteiger partial charge in [0, 0.05) is 12.1 Å². The predicted molar refractivity (Wildman–Crippen MR) is 71.2 cm³/mol. The number of rotatable bonds is 2. The second-order valence-electron chi connectivity index (χ2n) is 5.20. The smallest absolute Gasteiger partial charge is 0.115 e. The molecule has 1 fully saturated rings. The highest BCUT2D eigenvalue weighted by molar-refractivity contribution is 5.27. The van der Waals surface area contributed by atoms with Crippen LogP contribution >= 0.6 is 0 Å². The van der Waals surface area contributed by atoms with Crippen LogP contribution < -0.4 is 0 Å². The summed E-state index contributed by atoms with van der Waals surface area (Å²) in [6.45, 7) is 5.81. The Hall–Kier alpha value is -1.02. The van der Waals surface area contributed by atoms with Gasteiger partial charge in [-0.15, -0.1) is 0 Å². The minimum absolute atomic E-state index is 0.352. The van der Waals surface area contributed by atoms with E-state index in [4.69, 9.17) is 0 Å². The molecule has 1 aromatic carbocycles. The van der Waals surface area contributed by atoms with E-state index in [0.717, 1.165) is 0 Å². The number of aromatic hydroxyl groups is 1. The maximum atomic E-state index is 9.33. The third-order valence-corrected chi connectivity index (χ3v) is 3.98. The Morgan fingerprint density at radius 3 is 2.59 bits per heavy atom. The van der Waals surface area contributed by atoms with Crippen molar-refractivity contribution in [2.75, 3.05) is 6.54 Å². The summed E-state index contributed by atoms with van der Waals surface area (Å²) in [5.74, 6) is 0.352. The first-order valence-electron chi connectivity index (χ1n) is 6.73. The van der Waals surface area contributed by atoms with Crippen LogP contribution in [-0.4, -0.2) is 22.6 Å². The summed E-state index contributed by atoms with van der Waals surface area (Å²) in [4.78, 5) is 2.60. The van der Waals surface area contributed by atoms with E-state index in [1.807, 2.05) is 12.1 Å². The third kappa shape index (κ3) is 3.01. The SMILES string of the molecule is CC1CCCCCN1C(C)c1ccc(O)cc1. The Morgan fingerprint density at radius 2 is 1.88 bits per heavy atom. The molecular formula is C15H23NO. The molecule has 1 aromatic rings. The number of benzene rings is 1. The van der Waals surface area contributed by atoms with Gasteiger partial charge in [0.1, 0.15) is 5.75 Å². The van der Waals surface area contributed by atoms with Gasteiger partial charge in [0.2, 0.25) is 0 Å². The predicted octanol–water partition coefficient (Wildman–Crippen LogP) is 3.72. The summed E-state index contributed by atoms with van der Waals surface area (Å²) >= 11 is 0. The summed E-state index contributed by atoms with van der Waals surface area (Å²) in [5, 5.41) is 9.33. The van der Waals surface area contributed by atoms with E-state index in [2.05, 4.69) is 18.7 Å². The van der Waals surface area contributed by atoms with Crippen LogP contribution in [0, 0.1) is 0 Å². The molecule has 94 valence electrons. The van der Waals surface area contributed by atoms with E-state index >= 15 is 0 Å². The standard InChI is InChI=1S/C15H23NO/c1-12-6-4-3-5-11-16(12)13(2)14-7-9-15(17)10-8-14/h7-10,12-13,17H,3-6,11H2,1-2H3. The Balaban J connectivity index is 2.11. The molecule has 2 heteroatoms.